The van der Waals surface area contributed by atoms with Gasteiger partial charge in [0, 0.05) is 11.1 Å². The molecule has 2 aromatic carbocycles. The zero-order chi connectivity index (χ0) is 19.0. The maximum Gasteiger partial charge on any atom is 0.408 e. The number of alkyl carbamates (subject to hydrolysis) is 1. The number of rotatable bonds is 5. The predicted octanol–water partition coefficient (Wildman–Crippen LogP) is 3.08. The van der Waals surface area contributed by atoms with Gasteiger partial charge in [-0.2, -0.15) is 5.10 Å². The van der Waals surface area contributed by atoms with Crippen LogP contribution in [0.15, 0.2) is 65.8 Å². The second-order valence-electron chi connectivity index (χ2n) is 6.58. The van der Waals surface area contributed by atoms with Crippen molar-refractivity contribution in [1.29, 1.82) is 0 Å². The predicted molar refractivity (Wildman–Crippen MR) is 101 cm³/mol. The maximum atomic E-state index is 12.0. The molecule has 0 spiro atoms. The summed E-state index contributed by atoms with van der Waals surface area (Å²) < 4.78 is 5.09. The van der Waals surface area contributed by atoms with E-state index in [1.165, 1.54) is 0 Å². The van der Waals surface area contributed by atoms with Gasteiger partial charge in [-0.15, -0.1) is 0 Å². The molecule has 0 saturated carbocycles. The fraction of sp³-hybridized carbons (Fsp3) is 0.250. The molecule has 0 aliphatic carbocycles. The number of benzene rings is 2. The first-order valence-electron chi connectivity index (χ1n) is 8.29. The van der Waals surface area contributed by atoms with Crippen LogP contribution < -0.4 is 10.7 Å². The fourth-order valence-electron chi connectivity index (χ4n) is 2.11. The third-order valence-corrected chi connectivity index (χ3v) is 3.18. The molecule has 0 fully saturated rings. The van der Waals surface area contributed by atoms with E-state index in [-0.39, 0.29) is 6.54 Å². The lowest BCUT2D eigenvalue weighted by Crippen LogP contribution is -2.38. The van der Waals surface area contributed by atoms with Crippen molar-refractivity contribution in [3.63, 3.8) is 0 Å². The molecular weight excluding hydrogens is 330 g/mol. The molecule has 6 nitrogen and oxygen atoms in total. The van der Waals surface area contributed by atoms with Crippen LogP contribution in [0.4, 0.5) is 4.79 Å². The van der Waals surface area contributed by atoms with Gasteiger partial charge in [-0.25, -0.2) is 10.2 Å². The zero-order valence-electron chi connectivity index (χ0n) is 15.2. The largest absolute Gasteiger partial charge is 0.444 e. The minimum atomic E-state index is -0.650. The van der Waals surface area contributed by atoms with Gasteiger partial charge in [-0.05, 0) is 20.8 Å². The van der Waals surface area contributed by atoms with E-state index >= 15 is 0 Å². The first kappa shape index (κ1) is 19.2. The molecule has 0 aromatic heterocycles. The highest BCUT2D eigenvalue weighted by Gasteiger charge is 2.16. The summed E-state index contributed by atoms with van der Waals surface area (Å²) >= 11 is 0. The molecule has 2 amide bonds. The number of hydrogen-bond acceptors (Lipinski definition) is 4. The molecule has 26 heavy (non-hydrogen) atoms. The summed E-state index contributed by atoms with van der Waals surface area (Å²) in [5, 5.41) is 6.64. The van der Waals surface area contributed by atoms with Crippen molar-refractivity contribution < 1.29 is 14.3 Å². The molecule has 2 aromatic rings. The van der Waals surface area contributed by atoms with Crippen LogP contribution in [-0.4, -0.2) is 29.9 Å². The van der Waals surface area contributed by atoms with Gasteiger partial charge in [0.05, 0.1) is 5.71 Å². The van der Waals surface area contributed by atoms with Gasteiger partial charge in [0.1, 0.15) is 12.1 Å². The summed E-state index contributed by atoms with van der Waals surface area (Å²) in [6.07, 6.45) is -0.650. The van der Waals surface area contributed by atoms with Crippen LogP contribution in [0, 0.1) is 0 Å². The summed E-state index contributed by atoms with van der Waals surface area (Å²) in [6.45, 7) is 5.03. The van der Waals surface area contributed by atoms with Crippen molar-refractivity contribution in [1.82, 2.24) is 10.7 Å². The summed E-state index contributed by atoms with van der Waals surface area (Å²) in [6, 6.07) is 19.1. The number of nitrogens with one attached hydrogen (secondary N) is 2. The SMILES string of the molecule is CC(C)(C)OC(=O)NCC(=O)NN=C(c1ccccc1)c1ccccc1. The van der Waals surface area contributed by atoms with Crippen LogP contribution >= 0.6 is 0 Å². The molecule has 2 N–H and O–H groups in total. The monoisotopic (exact) mass is 353 g/mol. The van der Waals surface area contributed by atoms with Crippen LogP contribution in [-0.2, 0) is 9.53 Å². The van der Waals surface area contributed by atoms with Gasteiger partial charge < -0.3 is 10.1 Å². The summed E-state index contributed by atoms with van der Waals surface area (Å²) in [4.78, 5) is 23.6. The first-order chi connectivity index (χ1) is 12.3. The summed E-state index contributed by atoms with van der Waals surface area (Å²) in [5.74, 6) is -0.444. The van der Waals surface area contributed by atoms with Gasteiger partial charge in [-0.1, -0.05) is 60.7 Å². The van der Waals surface area contributed by atoms with E-state index in [0.29, 0.717) is 5.71 Å². The van der Waals surface area contributed by atoms with Crippen molar-refractivity contribution in [2.75, 3.05) is 6.54 Å². The second kappa shape index (κ2) is 8.80. The first-order valence-corrected chi connectivity index (χ1v) is 8.29. The van der Waals surface area contributed by atoms with Crippen molar-refractivity contribution >= 4 is 17.7 Å². The fourth-order valence-corrected chi connectivity index (χ4v) is 2.11. The molecule has 0 saturated heterocycles. The average Bonchev–Trinajstić information content (AvgIpc) is 2.60. The molecule has 0 aliphatic rings. The Labute approximate surface area is 153 Å². The highest BCUT2D eigenvalue weighted by Crippen LogP contribution is 2.10. The molecule has 0 radical (unpaired) electrons. The molecule has 6 heteroatoms. The Kier molecular flexibility index (Phi) is 6.49. The molecule has 0 bridgehead atoms. The average molecular weight is 353 g/mol. The minimum absolute atomic E-state index is 0.227. The smallest absolute Gasteiger partial charge is 0.408 e. The molecule has 136 valence electrons. The van der Waals surface area contributed by atoms with Crippen LogP contribution in [0.2, 0.25) is 0 Å². The topological polar surface area (TPSA) is 79.8 Å². The van der Waals surface area contributed by atoms with Gasteiger partial charge in [0.15, 0.2) is 0 Å². The molecule has 0 heterocycles. The van der Waals surface area contributed by atoms with Crippen molar-refractivity contribution in [3.8, 4) is 0 Å². The van der Waals surface area contributed by atoms with Gasteiger partial charge in [-0.3, -0.25) is 4.79 Å². The second-order valence-corrected chi connectivity index (χ2v) is 6.58. The van der Waals surface area contributed by atoms with Crippen LogP contribution in [0.25, 0.3) is 0 Å². The quantitative estimate of drug-likeness (QED) is 0.640. The minimum Gasteiger partial charge on any atom is -0.444 e. The Balaban J connectivity index is 2.04. The van der Waals surface area contributed by atoms with Crippen LogP contribution in [0.5, 0.6) is 0 Å². The Bertz CT molecular complexity index is 724. The molecule has 0 unspecified atom stereocenters. The third-order valence-electron chi connectivity index (χ3n) is 3.18. The number of hydrogen-bond donors (Lipinski definition) is 2. The number of carbonyl (C=O) groups is 2. The third kappa shape index (κ3) is 6.39. The summed E-state index contributed by atoms with van der Waals surface area (Å²) in [5.41, 5.74) is 4.24. The van der Waals surface area contributed by atoms with Crippen molar-refractivity contribution in [3.05, 3.63) is 71.8 Å². The lowest BCUT2D eigenvalue weighted by atomic mass is 10.0. The van der Waals surface area contributed by atoms with Crippen molar-refractivity contribution in [2.45, 2.75) is 26.4 Å². The zero-order valence-corrected chi connectivity index (χ0v) is 15.2. The number of nitrogens with zero attached hydrogens (tertiary/aromatic N) is 1. The van der Waals surface area contributed by atoms with E-state index in [0.717, 1.165) is 11.1 Å². The molecular formula is C20H23N3O3. The Morgan fingerprint density at radius 2 is 1.42 bits per heavy atom. The number of amides is 2. The maximum absolute atomic E-state index is 12.0. The van der Waals surface area contributed by atoms with E-state index in [1.807, 2.05) is 60.7 Å². The lowest BCUT2D eigenvalue weighted by molar-refractivity contribution is -0.120. The van der Waals surface area contributed by atoms with Crippen LogP contribution in [0.3, 0.4) is 0 Å². The van der Waals surface area contributed by atoms with E-state index in [4.69, 9.17) is 4.74 Å². The number of ether oxygens (including phenoxy) is 1. The van der Waals surface area contributed by atoms with E-state index in [9.17, 15) is 9.59 Å². The van der Waals surface area contributed by atoms with E-state index < -0.39 is 17.6 Å². The van der Waals surface area contributed by atoms with E-state index in [1.54, 1.807) is 20.8 Å². The highest BCUT2D eigenvalue weighted by atomic mass is 16.6. The molecule has 0 atom stereocenters. The van der Waals surface area contributed by atoms with Crippen molar-refractivity contribution in [2.24, 2.45) is 5.10 Å². The van der Waals surface area contributed by atoms with Gasteiger partial charge in [0.2, 0.25) is 0 Å². The Morgan fingerprint density at radius 3 is 1.88 bits per heavy atom. The van der Waals surface area contributed by atoms with E-state index in [2.05, 4.69) is 15.8 Å². The molecule has 2 rings (SSSR count). The Hall–Kier alpha value is -3.15. The van der Waals surface area contributed by atoms with Gasteiger partial charge in [0.25, 0.3) is 5.91 Å². The van der Waals surface area contributed by atoms with Gasteiger partial charge >= 0.3 is 6.09 Å². The molecule has 0 aliphatic heterocycles. The summed E-state index contributed by atoms with van der Waals surface area (Å²) in [7, 11) is 0. The van der Waals surface area contributed by atoms with Crippen LogP contribution in [0.1, 0.15) is 31.9 Å². The highest BCUT2D eigenvalue weighted by molar-refractivity contribution is 6.13. The number of hydrazone groups is 1. The lowest BCUT2D eigenvalue weighted by Gasteiger charge is -2.19. The number of carbonyl (C=O) groups excluding carboxylic acids is 2. The standard InChI is InChI=1S/C20H23N3O3/c1-20(2,3)26-19(25)21-14-17(24)22-23-18(15-10-6-4-7-11-15)16-12-8-5-9-13-16/h4-13H,14H2,1-3H3,(H,21,25)(H,22,24). The normalized spacial score (nSPS) is 10.6. The Morgan fingerprint density at radius 1 is 0.923 bits per heavy atom.